The van der Waals surface area contributed by atoms with Crippen LogP contribution in [0.2, 0.25) is 0 Å². The van der Waals surface area contributed by atoms with Crippen LogP contribution in [-0.4, -0.2) is 29.3 Å². The molecule has 2 aliphatic rings. The van der Waals surface area contributed by atoms with Gasteiger partial charge in [0.25, 0.3) is 11.8 Å². The van der Waals surface area contributed by atoms with E-state index >= 15 is 0 Å². The van der Waals surface area contributed by atoms with Crippen molar-refractivity contribution in [3.8, 4) is 0 Å². The predicted octanol–water partition coefficient (Wildman–Crippen LogP) is 2.19. The third-order valence-electron chi connectivity index (χ3n) is 4.53. The molecular weight excluding hydrogens is 252 g/mol. The third kappa shape index (κ3) is 2.24. The molecule has 0 radical (unpaired) electrons. The van der Waals surface area contributed by atoms with Crippen molar-refractivity contribution in [1.29, 1.82) is 0 Å². The van der Waals surface area contributed by atoms with Crippen molar-refractivity contribution < 1.29 is 9.59 Å². The van der Waals surface area contributed by atoms with Gasteiger partial charge in [-0.2, -0.15) is 0 Å². The van der Waals surface area contributed by atoms with Gasteiger partial charge in [-0.25, -0.2) is 0 Å². The topological polar surface area (TPSA) is 63.4 Å². The maximum Gasteiger partial charge on any atom is 0.261 e. The van der Waals surface area contributed by atoms with Crippen LogP contribution in [0.3, 0.4) is 0 Å². The molecule has 4 heteroatoms. The fourth-order valence-corrected chi connectivity index (χ4v) is 3.33. The van der Waals surface area contributed by atoms with Gasteiger partial charge in [-0.15, -0.1) is 0 Å². The molecule has 0 saturated heterocycles. The Balaban J connectivity index is 1.73. The van der Waals surface area contributed by atoms with E-state index in [1.54, 1.807) is 24.3 Å². The van der Waals surface area contributed by atoms with Crippen LogP contribution in [0.15, 0.2) is 24.3 Å². The predicted molar refractivity (Wildman–Crippen MR) is 76.4 cm³/mol. The molecule has 2 N–H and O–H groups in total. The zero-order valence-electron chi connectivity index (χ0n) is 11.5. The summed E-state index contributed by atoms with van der Waals surface area (Å²) in [5.74, 6) is 0.0433. The third-order valence-corrected chi connectivity index (χ3v) is 4.53. The maximum absolute atomic E-state index is 12.3. The number of hydrogen-bond acceptors (Lipinski definition) is 3. The van der Waals surface area contributed by atoms with Crippen molar-refractivity contribution in [3.05, 3.63) is 35.4 Å². The van der Waals surface area contributed by atoms with Crippen LogP contribution < -0.4 is 5.73 Å². The van der Waals surface area contributed by atoms with E-state index in [4.69, 9.17) is 5.73 Å². The Bertz CT molecular complexity index is 500. The van der Waals surface area contributed by atoms with Gasteiger partial charge in [0.2, 0.25) is 0 Å². The highest BCUT2D eigenvalue weighted by Gasteiger charge is 2.37. The van der Waals surface area contributed by atoms with Crippen LogP contribution in [0.5, 0.6) is 0 Å². The molecule has 106 valence electrons. The average molecular weight is 272 g/mol. The van der Waals surface area contributed by atoms with Gasteiger partial charge in [-0.05, 0) is 30.9 Å². The fourth-order valence-electron chi connectivity index (χ4n) is 3.33. The van der Waals surface area contributed by atoms with Gasteiger partial charge >= 0.3 is 0 Å². The number of carbonyl (C=O) groups is 2. The average Bonchev–Trinajstić information content (AvgIpc) is 2.74. The second-order valence-corrected chi connectivity index (χ2v) is 5.83. The minimum Gasteiger partial charge on any atom is -0.326 e. The van der Waals surface area contributed by atoms with Crippen molar-refractivity contribution in [1.82, 2.24) is 4.90 Å². The van der Waals surface area contributed by atoms with Crippen molar-refractivity contribution in [2.75, 3.05) is 6.54 Å². The maximum atomic E-state index is 12.3. The molecule has 1 unspecified atom stereocenters. The van der Waals surface area contributed by atoms with Crippen LogP contribution in [0.25, 0.3) is 0 Å². The Morgan fingerprint density at radius 1 is 1.05 bits per heavy atom. The van der Waals surface area contributed by atoms with Gasteiger partial charge in [0.15, 0.2) is 0 Å². The molecule has 1 aliphatic carbocycles. The number of hydrogen-bond donors (Lipinski definition) is 1. The standard InChI is InChI=1S/C16H20N2O2/c17-14(11-6-2-1-3-7-11)10-18-15(19)12-8-4-5-9-13(12)16(18)20/h4-5,8-9,11,14H,1-3,6-7,10,17H2. The monoisotopic (exact) mass is 272 g/mol. The van der Waals surface area contributed by atoms with E-state index in [1.807, 2.05) is 0 Å². The number of carbonyl (C=O) groups excluding carboxylic acids is 2. The van der Waals surface area contributed by atoms with Gasteiger partial charge in [0.1, 0.15) is 0 Å². The molecule has 1 saturated carbocycles. The first-order chi connectivity index (χ1) is 9.68. The van der Waals surface area contributed by atoms with Crippen LogP contribution in [-0.2, 0) is 0 Å². The highest BCUT2D eigenvalue weighted by Crippen LogP contribution is 2.28. The number of rotatable bonds is 3. The molecule has 1 aliphatic heterocycles. The van der Waals surface area contributed by atoms with Crippen molar-refractivity contribution in [3.63, 3.8) is 0 Å². The SMILES string of the molecule is NC(CN1C(=O)c2ccccc2C1=O)C1CCCCC1. The number of fused-ring (bicyclic) bond motifs is 1. The number of benzene rings is 1. The molecule has 4 nitrogen and oxygen atoms in total. The Morgan fingerprint density at radius 2 is 1.60 bits per heavy atom. The van der Waals surface area contributed by atoms with Gasteiger partial charge < -0.3 is 5.73 Å². The second-order valence-electron chi connectivity index (χ2n) is 5.83. The first-order valence-electron chi connectivity index (χ1n) is 7.39. The molecule has 1 heterocycles. The summed E-state index contributed by atoms with van der Waals surface area (Å²) in [6.07, 6.45) is 5.92. The highest BCUT2D eigenvalue weighted by molar-refractivity contribution is 6.21. The fraction of sp³-hybridized carbons (Fsp3) is 0.500. The van der Waals surface area contributed by atoms with E-state index in [1.165, 1.54) is 24.2 Å². The van der Waals surface area contributed by atoms with Crippen LogP contribution in [0.1, 0.15) is 52.8 Å². The molecule has 2 amide bonds. The minimum absolute atomic E-state index is 0.0995. The number of imide groups is 1. The quantitative estimate of drug-likeness (QED) is 0.858. The Hall–Kier alpha value is -1.68. The van der Waals surface area contributed by atoms with Gasteiger partial charge in [-0.1, -0.05) is 31.4 Å². The van der Waals surface area contributed by atoms with E-state index < -0.39 is 0 Å². The van der Waals surface area contributed by atoms with Gasteiger partial charge in [0, 0.05) is 12.6 Å². The van der Waals surface area contributed by atoms with Crippen LogP contribution >= 0.6 is 0 Å². The van der Waals surface area contributed by atoms with Crippen molar-refractivity contribution in [2.24, 2.45) is 11.7 Å². The normalized spacial score (nSPS) is 21.1. The lowest BCUT2D eigenvalue weighted by Crippen LogP contribution is -2.45. The lowest BCUT2D eigenvalue weighted by atomic mass is 9.84. The molecular formula is C16H20N2O2. The molecule has 0 aromatic heterocycles. The molecule has 0 spiro atoms. The smallest absolute Gasteiger partial charge is 0.261 e. The molecule has 1 fully saturated rings. The van der Waals surface area contributed by atoms with E-state index in [0.717, 1.165) is 12.8 Å². The Kier molecular flexibility index (Phi) is 3.57. The summed E-state index contributed by atoms with van der Waals surface area (Å²) in [7, 11) is 0. The first-order valence-corrected chi connectivity index (χ1v) is 7.39. The molecule has 1 aromatic rings. The van der Waals surface area contributed by atoms with Crippen LogP contribution in [0.4, 0.5) is 0 Å². The molecule has 20 heavy (non-hydrogen) atoms. The Labute approximate surface area is 118 Å². The van der Waals surface area contributed by atoms with E-state index in [-0.39, 0.29) is 17.9 Å². The lowest BCUT2D eigenvalue weighted by molar-refractivity contribution is 0.0629. The van der Waals surface area contributed by atoms with Gasteiger partial charge in [-0.3, -0.25) is 14.5 Å². The summed E-state index contributed by atoms with van der Waals surface area (Å²) in [5.41, 5.74) is 7.26. The zero-order valence-corrected chi connectivity index (χ0v) is 11.5. The highest BCUT2D eigenvalue weighted by atomic mass is 16.2. The molecule has 3 rings (SSSR count). The second kappa shape index (κ2) is 5.37. The van der Waals surface area contributed by atoms with E-state index in [2.05, 4.69) is 0 Å². The summed E-state index contributed by atoms with van der Waals surface area (Å²) in [5, 5.41) is 0. The first kappa shape index (κ1) is 13.3. The van der Waals surface area contributed by atoms with Crippen LogP contribution in [0, 0.1) is 5.92 Å². The summed E-state index contributed by atoms with van der Waals surface area (Å²) >= 11 is 0. The van der Waals surface area contributed by atoms with Crippen molar-refractivity contribution in [2.45, 2.75) is 38.1 Å². The minimum atomic E-state index is -0.197. The lowest BCUT2D eigenvalue weighted by Gasteiger charge is -2.29. The number of amides is 2. The molecule has 0 bridgehead atoms. The summed E-state index contributed by atoms with van der Waals surface area (Å²) in [6, 6.07) is 6.89. The van der Waals surface area contributed by atoms with E-state index in [9.17, 15) is 9.59 Å². The molecule has 1 atom stereocenters. The summed E-state index contributed by atoms with van der Waals surface area (Å²) in [4.78, 5) is 25.9. The van der Waals surface area contributed by atoms with E-state index in [0.29, 0.717) is 23.6 Å². The number of nitrogens with zero attached hydrogens (tertiary/aromatic N) is 1. The largest absolute Gasteiger partial charge is 0.326 e. The zero-order chi connectivity index (χ0) is 14.1. The van der Waals surface area contributed by atoms with Crippen molar-refractivity contribution >= 4 is 11.8 Å². The number of nitrogens with two attached hydrogens (primary N) is 1. The van der Waals surface area contributed by atoms with Gasteiger partial charge in [0.05, 0.1) is 11.1 Å². The summed E-state index contributed by atoms with van der Waals surface area (Å²) in [6.45, 7) is 0.344. The summed E-state index contributed by atoms with van der Waals surface area (Å²) < 4.78 is 0. The molecule has 1 aromatic carbocycles. The Morgan fingerprint density at radius 3 is 2.15 bits per heavy atom.